The topological polar surface area (TPSA) is 72.1 Å². The lowest BCUT2D eigenvalue weighted by molar-refractivity contribution is 0.0531. The molecule has 0 unspecified atom stereocenters. The van der Waals surface area contributed by atoms with Gasteiger partial charge in [-0.1, -0.05) is 0 Å². The average Bonchev–Trinajstić information content (AvgIpc) is 2.86. The van der Waals surface area contributed by atoms with Crippen molar-refractivity contribution in [3.8, 4) is 11.3 Å². The zero-order chi connectivity index (χ0) is 15.7. The number of H-pyrrole nitrogens is 1. The number of hydrogen-bond acceptors (Lipinski definition) is 5. The number of fused-ring (bicyclic) bond motifs is 1. The minimum atomic E-state index is -0.392. The van der Waals surface area contributed by atoms with E-state index in [1.807, 2.05) is 12.1 Å². The molecule has 0 aliphatic carbocycles. The van der Waals surface area contributed by atoms with Crippen molar-refractivity contribution in [2.24, 2.45) is 0 Å². The third kappa shape index (κ3) is 2.42. The van der Waals surface area contributed by atoms with Gasteiger partial charge in [-0.15, -0.1) is 11.3 Å². The van der Waals surface area contributed by atoms with Gasteiger partial charge in [0.15, 0.2) is 5.43 Å². The lowest BCUT2D eigenvalue weighted by Gasteiger charge is -2.01. The van der Waals surface area contributed by atoms with E-state index >= 15 is 0 Å². The fourth-order valence-electron chi connectivity index (χ4n) is 2.33. The maximum atomic E-state index is 12.4. The summed E-state index contributed by atoms with van der Waals surface area (Å²) in [6.07, 6.45) is 3.36. The fourth-order valence-corrected chi connectivity index (χ4v) is 3.45. The van der Waals surface area contributed by atoms with Crippen LogP contribution in [0.3, 0.4) is 0 Å². The Morgan fingerprint density at radius 2 is 2.27 bits per heavy atom. The summed E-state index contributed by atoms with van der Waals surface area (Å²) in [5, 5.41) is 0.542. The molecule has 22 heavy (non-hydrogen) atoms. The standard InChI is InChI=1S/C16H14N2O3S/c1-3-21-16(20)14-9(2)13-12(19)7-11(18-15(13)22-14)10-5-4-6-17-8-10/h4-8H,3H2,1-2H3,(H,18,19). The van der Waals surface area contributed by atoms with Crippen LogP contribution in [0.2, 0.25) is 0 Å². The third-order valence-corrected chi connectivity index (χ3v) is 4.54. The average molecular weight is 314 g/mol. The van der Waals surface area contributed by atoms with Crippen LogP contribution < -0.4 is 5.43 Å². The first-order chi connectivity index (χ1) is 10.6. The molecule has 0 spiro atoms. The number of rotatable bonds is 3. The second-order valence-electron chi connectivity index (χ2n) is 4.77. The summed E-state index contributed by atoms with van der Waals surface area (Å²) in [5.74, 6) is -0.392. The monoisotopic (exact) mass is 314 g/mol. The Labute approximate surface area is 130 Å². The Kier molecular flexibility index (Phi) is 3.77. The summed E-state index contributed by atoms with van der Waals surface area (Å²) in [6.45, 7) is 3.83. The van der Waals surface area contributed by atoms with E-state index in [1.165, 1.54) is 17.4 Å². The van der Waals surface area contributed by atoms with E-state index in [2.05, 4.69) is 9.97 Å². The molecule has 0 saturated heterocycles. The zero-order valence-electron chi connectivity index (χ0n) is 12.2. The van der Waals surface area contributed by atoms with Gasteiger partial charge in [-0.25, -0.2) is 4.79 Å². The molecule has 0 aromatic carbocycles. The summed E-state index contributed by atoms with van der Waals surface area (Å²) in [7, 11) is 0. The van der Waals surface area contributed by atoms with E-state index in [0.29, 0.717) is 33.0 Å². The predicted molar refractivity (Wildman–Crippen MR) is 86.4 cm³/mol. The number of esters is 1. The first-order valence-corrected chi connectivity index (χ1v) is 7.67. The molecule has 0 aliphatic rings. The van der Waals surface area contributed by atoms with E-state index in [0.717, 1.165) is 5.56 Å². The number of nitrogens with zero attached hydrogens (tertiary/aromatic N) is 1. The summed E-state index contributed by atoms with van der Waals surface area (Å²) in [6, 6.07) is 5.21. The molecule has 0 radical (unpaired) electrons. The molecule has 112 valence electrons. The number of thiophene rings is 1. The lowest BCUT2D eigenvalue weighted by atomic mass is 10.1. The number of aromatic amines is 1. The molecule has 0 amide bonds. The second kappa shape index (κ2) is 5.73. The summed E-state index contributed by atoms with van der Waals surface area (Å²) in [4.78, 5) is 32.8. The maximum Gasteiger partial charge on any atom is 0.348 e. The molecule has 0 atom stereocenters. The van der Waals surface area contributed by atoms with Gasteiger partial charge in [0.2, 0.25) is 0 Å². The molecule has 3 aromatic rings. The minimum absolute atomic E-state index is 0.114. The molecule has 5 nitrogen and oxygen atoms in total. The number of nitrogens with one attached hydrogen (secondary N) is 1. The van der Waals surface area contributed by atoms with E-state index in [9.17, 15) is 9.59 Å². The Bertz CT molecular complexity index is 897. The van der Waals surface area contributed by atoms with E-state index < -0.39 is 5.97 Å². The van der Waals surface area contributed by atoms with Crippen molar-refractivity contribution in [3.63, 3.8) is 0 Å². The molecule has 3 aromatic heterocycles. The summed E-state index contributed by atoms with van der Waals surface area (Å²) >= 11 is 1.24. The normalized spacial score (nSPS) is 10.8. The van der Waals surface area contributed by atoms with Crippen molar-refractivity contribution in [2.45, 2.75) is 13.8 Å². The van der Waals surface area contributed by atoms with Gasteiger partial charge in [-0.3, -0.25) is 9.78 Å². The molecular formula is C16H14N2O3S. The highest BCUT2D eigenvalue weighted by atomic mass is 32.1. The molecule has 3 rings (SSSR count). The molecule has 0 saturated carbocycles. The highest BCUT2D eigenvalue weighted by Gasteiger charge is 2.19. The van der Waals surface area contributed by atoms with Crippen LogP contribution in [0.4, 0.5) is 0 Å². The number of ether oxygens (including phenoxy) is 1. The van der Waals surface area contributed by atoms with Crippen LogP contribution in [-0.4, -0.2) is 22.5 Å². The Morgan fingerprint density at radius 1 is 1.45 bits per heavy atom. The maximum absolute atomic E-state index is 12.4. The van der Waals surface area contributed by atoms with Gasteiger partial charge >= 0.3 is 5.97 Å². The highest BCUT2D eigenvalue weighted by molar-refractivity contribution is 7.20. The number of hydrogen-bond donors (Lipinski definition) is 1. The van der Waals surface area contributed by atoms with Crippen LogP contribution in [0.5, 0.6) is 0 Å². The van der Waals surface area contributed by atoms with Gasteiger partial charge in [-0.05, 0) is 31.5 Å². The molecule has 6 heteroatoms. The van der Waals surface area contributed by atoms with Crippen LogP contribution in [0, 0.1) is 6.92 Å². The van der Waals surface area contributed by atoms with Gasteiger partial charge in [0, 0.05) is 24.0 Å². The van der Waals surface area contributed by atoms with Crippen molar-refractivity contribution >= 4 is 27.5 Å². The Balaban J connectivity index is 2.19. The van der Waals surface area contributed by atoms with Crippen LogP contribution in [0.1, 0.15) is 22.2 Å². The number of aromatic nitrogens is 2. The van der Waals surface area contributed by atoms with Crippen LogP contribution in [0.15, 0.2) is 35.4 Å². The van der Waals surface area contributed by atoms with Gasteiger partial charge in [0.05, 0.1) is 17.7 Å². The van der Waals surface area contributed by atoms with Gasteiger partial charge < -0.3 is 9.72 Å². The Hall–Kier alpha value is -2.47. The molecule has 3 heterocycles. The first kappa shape index (κ1) is 14.5. The number of aryl methyl sites for hydroxylation is 1. The molecule has 0 fully saturated rings. The largest absolute Gasteiger partial charge is 0.462 e. The van der Waals surface area contributed by atoms with E-state index in [-0.39, 0.29) is 5.43 Å². The Morgan fingerprint density at radius 3 is 2.95 bits per heavy atom. The van der Waals surface area contributed by atoms with Crippen molar-refractivity contribution < 1.29 is 9.53 Å². The smallest absolute Gasteiger partial charge is 0.348 e. The van der Waals surface area contributed by atoms with Crippen molar-refractivity contribution in [2.75, 3.05) is 6.61 Å². The fraction of sp³-hybridized carbons (Fsp3) is 0.188. The quantitative estimate of drug-likeness (QED) is 0.754. The first-order valence-electron chi connectivity index (χ1n) is 6.85. The second-order valence-corrected chi connectivity index (χ2v) is 5.79. The van der Waals surface area contributed by atoms with Crippen LogP contribution >= 0.6 is 11.3 Å². The minimum Gasteiger partial charge on any atom is -0.462 e. The van der Waals surface area contributed by atoms with Crippen molar-refractivity contribution in [1.29, 1.82) is 0 Å². The number of carbonyl (C=O) groups is 1. The van der Waals surface area contributed by atoms with Crippen LogP contribution in [0.25, 0.3) is 21.5 Å². The molecular weight excluding hydrogens is 300 g/mol. The predicted octanol–water partition coefficient (Wildman–Crippen LogP) is 3.14. The van der Waals surface area contributed by atoms with E-state index in [1.54, 1.807) is 26.2 Å². The molecule has 0 bridgehead atoms. The molecule has 0 aliphatic heterocycles. The zero-order valence-corrected chi connectivity index (χ0v) is 13.0. The third-order valence-electron chi connectivity index (χ3n) is 3.35. The van der Waals surface area contributed by atoms with Gasteiger partial charge in [0.1, 0.15) is 9.71 Å². The number of pyridine rings is 2. The highest BCUT2D eigenvalue weighted by Crippen LogP contribution is 2.29. The van der Waals surface area contributed by atoms with Gasteiger partial charge in [-0.2, -0.15) is 0 Å². The summed E-state index contributed by atoms with van der Waals surface area (Å²) in [5.41, 5.74) is 2.06. The van der Waals surface area contributed by atoms with E-state index in [4.69, 9.17) is 4.74 Å². The van der Waals surface area contributed by atoms with Crippen LogP contribution in [-0.2, 0) is 4.74 Å². The van der Waals surface area contributed by atoms with Gasteiger partial charge in [0.25, 0.3) is 0 Å². The SMILES string of the molecule is CCOC(=O)c1sc2[nH]c(-c3cccnc3)cc(=O)c2c1C. The molecule has 1 N–H and O–H groups in total. The lowest BCUT2D eigenvalue weighted by Crippen LogP contribution is -2.05. The summed E-state index contributed by atoms with van der Waals surface area (Å²) < 4.78 is 5.04. The number of carbonyl (C=O) groups excluding carboxylic acids is 1. The van der Waals surface area contributed by atoms with Crippen molar-refractivity contribution in [1.82, 2.24) is 9.97 Å². The van der Waals surface area contributed by atoms with Crippen molar-refractivity contribution in [3.05, 3.63) is 51.3 Å².